The third-order valence-electron chi connectivity index (χ3n) is 3.63. The summed E-state index contributed by atoms with van der Waals surface area (Å²) >= 11 is 0. The van der Waals surface area contributed by atoms with Gasteiger partial charge in [-0.15, -0.1) is 0 Å². The Morgan fingerprint density at radius 2 is 1.64 bits per heavy atom. The molecule has 0 bridgehead atoms. The first kappa shape index (κ1) is 17.0. The molecule has 0 saturated carbocycles. The lowest BCUT2D eigenvalue weighted by molar-refractivity contribution is 0.415. The molecule has 0 atom stereocenters. The Kier molecular flexibility index (Phi) is 4.70. The molecule has 0 radical (unpaired) electrons. The minimum Gasteiger partial charge on any atom is -0.497 e. The van der Waals surface area contributed by atoms with Gasteiger partial charge in [0.05, 0.1) is 18.3 Å². The molecule has 2 aromatic rings. The molecule has 4 heteroatoms. The lowest BCUT2D eigenvalue weighted by Crippen LogP contribution is -2.23. The standard InChI is InChI=1S/C21H23N3O/c1-21(2,3)24-19-14-18(15-8-6-5-7-9-15)23-20(19)22-16-10-12-17(25-4)13-11-16/h5-14H,1-4H3,(H,22,23,24). The molecule has 0 aliphatic carbocycles. The van der Waals surface area contributed by atoms with Crippen LogP contribution in [0.15, 0.2) is 70.7 Å². The number of nitrogens with zero attached hydrogens (tertiary/aromatic N) is 2. The molecule has 1 N–H and O–H groups in total. The van der Waals surface area contributed by atoms with Crippen LogP contribution in [0.4, 0.5) is 5.69 Å². The van der Waals surface area contributed by atoms with Crippen molar-refractivity contribution >= 4 is 22.9 Å². The van der Waals surface area contributed by atoms with Crippen LogP contribution in [0, 0.1) is 0 Å². The fourth-order valence-electron chi connectivity index (χ4n) is 2.51. The molecule has 2 aromatic carbocycles. The molecule has 3 rings (SSSR count). The summed E-state index contributed by atoms with van der Waals surface area (Å²) in [5.74, 6) is 1.59. The first-order valence-electron chi connectivity index (χ1n) is 8.32. The van der Waals surface area contributed by atoms with E-state index < -0.39 is 0 Å². The van der Waals surface area contributed by atoms with Crippen molar-refractivity contribution in [3.63, 3.8) is 0 Å². The van der Waals surface area contributed by atoms with E-state index in [2.05, 4.69) is 38.2 Å². The van der Waals surface area contributed by atoms with Crippen LogP contribution in [0.2, 0.25) is 0 Å². The molecule has 4 nitrogen and oxygen atoms in total. The average molecular weight is 333 g/mol. The molecule has 1 aliphatic heterocycles. The van der Waals surface area contributed by atoms with Crippen LogP contribution in [0.5, 0.6) is 5.75 Å². The Morgan fingerprint density at radius 1 is 0.960 bits per heavy atom. The Morgan fingerprint density at radius 3 is 2.24 bits per heavy atom. The first-order chi connectivity index (χ1) is 11.9. The molecular weight excluding hydrogens is 310 g/mol. The van der Waals surface area contributed by atoms with Gasteiger partial charge in [-0.2, -0.15) is 0 Å². The van der Waals surface area contributed by atoms with Crippen LogP contribution in [0.3, 0.4) is 0 Å². The Bertz CT molecular complexity index is 826. The second kappa shape index (κ2) is 6.93. The van der Waals surface area contributed by atoms with E-state index in [1.165, 1.54) is 0 Å². The molecule has 0 spiro atoms. The highest BCUT2D eigenvalue weighted by molar-refractivity contribution is 6.53. The van der Waals surface area contributed by atoms with Crippen molar-refractivity contribution in [2.45, 2.75) is 26.3 Å². The van der Waals surface area contributed by atoms with Gasteiger partial charge >= 0.3 is 0 Å². The van der Waals surface area contributed by atoms with Crippen LogP contribution < -0.4 is 10.1 Å². The number of amidine groups is 1. The Labute approximate surface area is 149 Å². The van der Waals surface area contributed by atoms with Crippen LogP contribution in [-0.4, -0.2) is 24.2 Å². The van der Waals surface area contributed by atoms with E-state index in [4.69, 9.17) is 14.7 Å². The van der Waals surface area contributed by atoms with Crippen LogP contribution >= 0.6 is 0 Å². The van der Waals surface area contributed by atoms with Crippen molar-refractivity contribution in [1.82, 2.24) is 0 Å². The van der Waals surface area contributed by atoms with Gasteiger partial charge in [-0.3, -0.25) is 4.99 Å². The van der Waals surface area contributed by atoms with Gasteiger partial charge < -0.3 is 10.1 Å². The predicted molar refractivity (Wildman–Crippen MR) is 106 cm³/mol. The molecule has 0 fully saturated rings. The molecule has 25 heavy (non-hydrogen) atoms. The van der Waals surface area contributed by atoms with E-state index in [0.717, 1.165) is 34.2 Å². The maximum Gasteiger partial charge on any atom is 0.156 e. The van der Waals surface area contributed by atoms with Gasteiger partial charge in [0.2, 0.25) is 0 Å². The van der Waals surface area contributed by atoms with Gasteiger partial charge in [0, 0.05) is 11.3 Å². The smallest absolute Gasteiger partial charge is 0.156 e. The third-order valence-corrected chi connectivity index (χ3v) is 3.63. The number of nitrogens with one attached hydrogen (secondary N) is 1. The highest BCUT2D eigenvalue weighted by Crippen LogP contribution is 2.24. The fourth-order valence-corrected chi connectivity index (χ4v) is 2.51. The van der Waals surface area contributed by atoms with E-state index in [0.29, 0.717) is 0 Å². The minimum atomic E-state index is -0.180. The summed E-state index contributed by atoms with van der Waals surface area (Å²) in [5.41, 5.74) is 3.63. The SMILES string of the molecule is COc1ccc(NC2=NC(c3ccccc3)=CC2=NC(C)(C)C)cc1. The highest BCUT2D eigenvalue weighted by Gasteiger charge is 2.20. The summed E-state index contributed by atoms with van der Waals surface area (Å²) in [6, 6.07) is 17.9. The van der Waals surface area contributed by atoms with Crippen LogP contribution in [-0.2, 0) is 0 Å². The summed E-state index contributed by atoms with van der Waals surface area (Å²) in [6.45, 7) is 6.25. The van der Waals surface area contributed by atoms with Gasteiger partial charge in [0.1, 0.15) is 11.5 Å². The quantitative estimate of drug-likeness (QED) is 0.877. The van der Waals surface area contributed by atoms with Crippen molar-refractivity contribution in [3.05, 3.63) is 66.2 Å². The van der Waals surface area contributed by atoms with Crippen LogP contribution in [0.25, 0.3) is 5.70 Å². The second-order valence-corrected chi connectivity index (χ2v) is 6.88. The minimum absolute atomic E-state index is 0.180. The molecule has 0 saturated heterocycles. The molecular formula is C21H23N3O. The lowest BCUT2D eigenvalue weighted by Gasteiger charge is -2.14. The second-order valence-electron chi connectivity index (χ2n) is 6.88. The molecule has 0 aromatic heterocycles. The number of rotatable bonds is 3. The summed E-state index contributed by atoms with van der Waals surface area (Å²) in [5, 5.41) is 3.38. The zero-order valence-electron chi connectivity index (χ0n) is 15.1. The summed E-state index contributed by atoms with van der Waals surface area (Å²) in [6.07, 6.45) is 2.03. The maximum absolute atomic E-state index is 5.21. The van der Waals surface area contributed by atoms with E-state index in [-0.39, 0.29) is 5.54 Å². The van der Waals surface area contributed by atoms with Gasteiger partial charge in [-0.05, 0) is 51.1 Å². The molecule has 0 unspecified atom stereocenters. The number of hydrogen-bond acceptors (Lipinski definition) is 4. The number of hydrogen-bond donors (Lipinski definition) is 1. The summed E-state index contributed by atoms with van der Waals surface area (Å²) in [4.78, 5) is 9.58. The largest absolute Gasteiger partial charge is 0.497 e. The van der Waals surface area contributed by atoms with E-state index in [9.17, 15) is 0 Å². The number of aliphatic imine (C=N–C) groups is 2. The monoisotopic (exact) mass is 333 g/mol. The number of anilines is 1. The number of benzene rings is 2. The molecule has 1 heterocycles. The zero-order valence-corrected chi connectivity index (χ0v) is 15.1. The predicted octanol–water partition coefficient (Wildman–Crippen LogP) is 4.80. The van der Waals surface area contributed by atoms with Gasteiger partial charge in [0.15, 0.2) is 5.84 Å². The van der Waals surface area contributed by atoms with Crippen molar-refractivity contribution in [2.75, 3.05) is 12.4 Å². The summed E-state index contributed by atoms with van der Waals surface area (Å²) < 4.78 is 5.21. The van der Waals surface area contributed by atoms with Crippen molar-refractivity contribution in [3.8, 4) is 5.75 Å². The highest BCUT2D eigenvalue weighted by atomic mass is 16.5. The van der Waals surface area contributed by atoms with E-state index in [1.807, 2.05) is 48.5 Å². The lowest BCUT2D eigenvalue weighted by atomic mass is 10.1. The molecule has 0 amide bonds. The topological polar surface area (TPSA) is 46.0 Å². The van der Waals surface area contributed by atoms with Crippen molar-refractivity contribution in [2.24, 2.45) is 9.98 Å². The summed E-state index contributed by atoms with van der Waals surface area (Å²) in [7, 11) is 1.66. The number of ether oxygens (including phenoxy) is 1. The van der Waals surface area contributed by atoms with E-state index in [1.54, 1.807) is 7.11 Å². The van der Waals surface area contributed by atoms with E-state index >= 15 is 0 Å². The Balaban J connectivity index is 1.92. The molecule has 128 valence electrons. The van der Waals surface area contributed by atoms with Gasteiger partial charge in [-0.25, -0.2) is 4.99 Å². The maximum atomic E-state index is 5.21. The third kappa shape index (κ3) is 4.35. The van der Waals surface area contributed by atoms with Crippen LogP contribution in [0.1, 0.15) is 26.3 Å². The van der Waals surface area contributed by atoms with Gasteiger partial charge in [0.25, 0.3) is 0 Å². The Hall–Kier alpha value is -2.88. The number of methoxy groups -OCH3 is 1. The normalized spacial score (nSPS) is 15.8. The van der Waals surface area contributed by atoms with Crippen molar-refractivity contribution < 1.29 is 4.74 Å². The fraction of sp³-hybridized carbons (Fsp3) is 0.238. The average Bonchev–Trinajstić information content (AvgIpc) is 2.97. The first-order valence-corrected chi connectivity index (χ1v) is 8.32. The zero-order chi connectivity index (χ0) is 17.9. The van der Waals surface area contributed by atoms with Crippen molar-refractivity contribution in [1.29, 1.82) is 0 Å². The van der Waals surface area contributed by atoms with Gasteiger partial charge in [-0.1, -0.05) is 30.3 Å². The molecule has 1 aliphatic rings.